The van der Waals surface area contributed by atoms with Crippen LogP contribution in [0.3, 0.4) is 0 Å². The summed E-state index contributed by atoms with van der Waals surface area (Å²) in [4.78, 5) is 11.8. The van der Waals surface area contributed by atoms with Crippen LogP contribution in [0.4, 0.5) is 0 Å². The van der Waals surface area contributed by atoms with Gasteiger partial charge in [0.25, 0.3) is 5.56 Å². The van der Waals surface area contributed by atoms with Gasteiger partial charge in [-0.15, -0.1) is 0 Å². The molecule has 0 aliphatic carbocycles. The van der Waals surface area contributed by atoms with E-state index >= 15 is 0 Å². The zero-order valence-corrected chi connectivity index (χ0v) is 10.3. The van der Waals surface area contributed by atoms with Crippen LogP contribution in [0, 0.1) is 0 Å². The maximum atomic E-state index is 11.8. The first-order valence-corrected chi connectivity index (χ1v) is 6.00. The number of aryl methyl sites for hydroxylation is 2. The lowest BCUT2D eigenvalue weighted by Crippen LogP contribution is -2.13. The summed E-state index contributed by atoms with van der Waals surface area (Å²) in [6, 6.07) is 0. The molecule has 0 radical (unpaired) electrons. The van der Waals surface area contributed by atoms with Crippen LogP contribution in [-0.2, 0) is 13.0 Å². The lowest BCUT2D eigenvalue weighted by Gasteiger charge is -2.14. The van der Waals surface area contributed by atoms with Crippen molar-refractivity contribution in [2.24, 2.45) is 0 Å². The molecule has 0 saturated heterocycles. The van der Waals surface area contributed by atoms with Crippen LogP contribution in [0.5, 0.6) is 0 Å². The van der Waals surface area contributed by atoms with Crippen LogP contribution in [-0.4, -0.2) is 12.6 Å². The summed E-state index contributed by atoms with van der Waals surface area (Å²) < 4.78 is 3.57. The Bertz CT molecular complexity index is 584. The summed E-state index contributed by atoms with van der Waals surface area (Å²) in [5.74, 6) is 0. The van der Waals surface area contributed by atoms with Crippen molar-refractivity contribution in [3.8, 4) is 0 Å². The number of aromatic nitrogens is 3. The van der Waals surface area contributed by atoms with Crippen molar-refractivity contribution < 1.29 is 0 Å². The minimum atomic E-state index is -0.00463. The average Bonchev–Trinajstić information content (AvgIpc) is 2.63. The van der Waals surface area contributed by atoms with E-state index in [-0.39, 0.29) is 5.56 Å². The summed E-state index contributed by atoms with van der Waals surface area (Å²) in [7, 11) is 0. The second-order valence-electron chi connectivity index (χ2n) is 3.86. The van der Waals surface area contributed by atoms with Gasteiger partial charge in [-0.3, -0.25) is 4.79 Å². The molecule has 4 nitrogen and oxygen atoms in total. The van der Waals surface area contributed by atoms with E-state index in [0.717, 1.165) is 23.7 Å². The van der Waals surface area contributed by atoms with Crippen LogP contribution in [0.25, 0.3) is 10.8 Å². The van der Waals surface area contributed by atoms with Gasteiger partial charge in [0, 0.05) is 23.8 Å². The van der Waals surface area contributed by atoms with Gasteiger partial charge in [0.2, 0.25) is 0 Å². The topological polar surface area (TPSA) is 39.8 Å². The number of hydrogen-bond acceptors (Lipinski definition) is 2. The number of nitrogens with zero attached hydrogens (tertiary/aromatic N) is 3. The Morgan fingerprint density at radius 3 is 3.07 bits per heavy atom. The summed E-state index contributed by atoms with van der Waals surface area (Å²) in [5, 5.41) is 5.90. The first-order valence-electron chi connectivity index (χ1n) is 5.03. The molecule has 0 amide bonds. The molecule has 0 aromatic carbocycles. The van der Waals surface area contributed by atoms with Gasteiger partial charge >= 0.3 is 0 Å². The predicted molar refractivity (Wildman–Crippen MR) is 66.3 cm³/mol. The summed E-state index contributed by atoms with van der Waals surface area (Å²) in [5.41, 5.74) is 1.27. The molecule has 1 aliphatic rings. The standard InChI is InChI=1S/C10H10IN3O/c11-14-10(15)8-6-13-4-2-1-3-9(13)7(8)5-12-14/h5-6H,1-4H2. The smallest absolute Gasteiger partial charge is 0.285 e. The molecule has 5 heteroatoms. The van der Waals surface area contributed by atoms with Crippen molar-refractivity contribution in [2.45, 2.75) is 25.8 Å². The van der Waals surface area contributed by atoms with Crippen LogP contribution in [0.1, 0.15) is 18.5 Å². The Kier molecular flexibility index (Phi) is 2.08. The third-order valence-electron chi connectivity index (χ3n) is 2.98. The van der Waals surface area contributed by atoms with Crippen molar-refractivity contribution in [1.82, 2.24) is 12.6 Å². The highest BCUT2D eigenvalue weighted by Gasteiger charge is 2.15. The van der Waals surface area contributed by atoms with Crippen LogP contribution in [0.2, 0.25) is 0 Å². The fourth-order valence-corrected chi connectivity index (χ4v) is 2.63. The zero-order chi connectivity index (χ0) is 10.4. The quantitative estimate of drug-likeness (QED) is 0.695. The van der Waals surface area contributed by atoms with E-state index in [9.17, 15) is 4.79 Å². The maximum absolute atomic E-state index is 11.8. The first kappa shape index (κ1) is 9.38. The second-order valence-corrected chi connectivity index (χ2v) is 4.78. The molecule has 2 aromatic rings. The van der Waals surface area contributed by atoms with Crippen LogP contribution >= 0.6 is 22.9 Å². The number of rotatable bonds is 0. The van der Waals surface area contributed by atoms with Gasteiger partial charge in [-0.2, -0.15) is 7.99 Å². The van der Waals surface area contributed by atoms with E-state index in [1.165, 1.54) is 21.4 Å². The maximum Gasteiger partial charge on any atom is 0.285 e. The third kappa shape index (κ3) is 1.32. The molecule has 0 unspecified atom stereocenters. The fourth-order valence-electron chi connectivity index (χ4n) is 2.24. The minimum Gasteiger partial charge on any atom is -0.350 e. The van der Waals surface area contributed by atoms with Gasteiger partial charge < -0.3 is 4.57 Å². The second kappa shape index (κ2) is 3.33. The monoisotopic (exact) mass is 315 g/mol. The SMILES string of the molecule is O=c1c2cn3c(c2cnn1I)CCCC3. The largest absolute Gasteiger partial charge is 0.350 e. The molecule has 3 rings (SSSR count). The number of halogens is 1. The molecule has 0 atom stereocenters. The molecule has 78 valence electrons. The van der Waals surface area contributed by atoms with Gasteiger partial charge in [0.05, 0.1) is 34.4 Å². The lowest BCUT2D eigenvalue weighted by molar-refractivity contribution is 0.536. The summed E-state index contributed by atoms with van der Waals surface area (Å²) in [6.07, 6.45) is 7.27. The Balaban J connectivity index is 2.41. The van der Waals surface area contributed by atoms with Gasteiger partial charge in [-0.05, 0) is 19.3 Å². The lowest BCUT2D eigenvalue weighted by atomic mass is 10.1. The first-order chi connectivity index (χ1) is 7.27. The van der Waals surface area contributed by atoms with Crippen molar-refractivity contribution in [2.75, 3.05) is 0 Å². The van der Waals surface area contributed by atoms with Gasteiger partial charge in [-0.25, -0.2) is 0 Å². The highest BCUT2D eigenvalue weighted by Crippen LogP contribution is 2.23. The van der Waals surface area contributed by atoms with Crippen molar-refractivity contribution in [3.63, 3.8) is 0 Å². The van der Waals surface area contributed by atoms with E-state index in [2.05, 4.69) is 9.67 Å². The molecule has 0 saturated carbocycles. The number of fused-ring (bicyclic) bond motifs is 3. The van der Waals surface area contributed by atoms with Gasteiger partial charge in [0.15, 0.2) is 0 Å². The Hall–Kier alpha value is -0.850. The molecule has 2 aromatic heterocycles. The number of hydrogen-bond donors (Lipinski definition) is 0. The van der Waals surface area contributed by atoms with Crippen LogP contribution < -0.4 is 5.56 Å². The zero-order valence-electron chi connectivity index (χ0n) is 8.11. The van der Waals surface area contributed by atoms with E-state index in [0.29, 0.717) is 0 Å². The average molecular weight is 315 g/mol. The van der Waals surface area contributed by atoms with E-state index in [1.807, 2.05) is 29.1 Å². The molecule has 0 N–H and O–H groups in total. The summed E-state index contributed by atoms with van der Waals surface area (Å²) in [6.45, 7) is 1.03. The van der Waals surface area contributed by atoms with Crippen molar-refractivity contribution in [3.05, 3.63) is 28.4 Å². The Morgan fingerprint density at radius 1 is 1.33 bits per heavy atom. The van der Waals surface area contributed by atoms with Gasteiger partial charge in [-0.1, -0.05) is 0 Å². The minimum absolute atomic E-state index is 0.00463. The molecule has 3 heterocycles. The third-order valence-corrected chi connectivity index (χ3v) is 3.67. The molecule has 15 heavy (non-hydrogen) atoms. The Labute approximate surface area is 100 Å². The van der Waals surface area contributed by atoms with E-state index in [1.54, 1.807) is 6.20 Å². The van der Waals surface area contributed by atoms with Gasteiger partial charge in [0.1, 0.15) is 0 Å². The summed E-state index contributed by atoms with van der Waals surface area (Å²) >= 11 is 1.92. The molecule has 0 bridgehead atoms. The highest BCUT2D eigenvalue weighted by molar-refractivity contribution is 14.1. The molecule has 0 fully saturated rings. The molecule has 0 spiro atoms. The normalized spacial score (nSPS) is 15.5. The molecular formula is C10H10IN3O. The van der Waals surface area contributed by atoms with Crippen LogP contribution in [0.15, 0.2) is 17.2 Å². The predicted octanol–water partition coefficient (Wildman–Crippen LogP) is 1.73. The van der Waals surface area contributed by atoms with E-state index < -0.39 is 0 Å². The van der Waals surface area contributed by atoms with Crippen molar-refractivity contribution in [1.29, 1.82) is 0 Å². The Morgan fingerprint density at radius 2 is 2.20 bits per heavy atom. The highest BCUT2D eigenvalue weighted by atomic mass is 127. The van der Waals surface area contributed by atoms with Crippen molar-refractivity contribution >= 4 is 33.6 Å². The fraction of sp³-hybridized carbons (Fsp3) is 0.400. The molecule has 1 aliphatic heterocycles. The molecular weight excluding hydrogens is 305 g/mol. The van der Waals surface area contributed by atoms with E-state index in [4.69, 9.17) is 0 Å².